The monoisotopic (exact) mass is 364 g/mol. The van der Waals surface area contributed by atoms with E-state index in [0.29, 0.717) is 11.4 Å². The summed E-state index contributed by atoms with van der Waals surface area (Å²) in [6.45, 7) is 1.87. The van der Waals surface area contributed by atoms with E-state index < -0.39 is 12.1 Å². The Labute approximate surface area is 153 Å². The van der Waals surface area contributed by atoms with Gasteiger partial charge in [-0.1, -0.05) is 29.5 Å². The number of H-pyrrole nitrogens is 1. The second-order valence-corrected chi connectivity index (χ2v) is 6.74. The molecule has 1 aliphatic rings. The van der Waals surface area contributed by atoms with Gasteiger partial charge in [0.25, 0.3) is 0 Å². The standard InChI is InChI=1S/C19H17FN6O/c1-10-15-18(27)17(26-14-5-3-2-4-13(14)23-25-26)16(21-19(15)24-22-10)11-6-8-12(20)9-7-11/h2-9,16-18,27H,1H3,(H2,21,22,24)/t16-,17-,18-/m1/s1. The number of aliphatic hydroxyl groups is 1. The van der Waals surface area contributed by atoms with E-state index in [9.17, 15) is 9.50 Å². The van der Waals surface area contributed by atoms with E-state index in [-0.39, 0.29) is 11.9 Å². The Bertz CT molecular complexity index is 1120. The highest BCUT2D eigenvalue weighted by Gasteiger charge is 2.41. The van der Waals surface area contributed by atoms with Crippen LogP contribution in [0.15, 0.2) is 48.5 Å². The third-order valence-corrected chi connectivity index (χ3v) is 5.14. The number of rotatable bonds is 2. The van der Waals surface area contributed by atoms with Gasteiger partial charge in [0, 0.05) is 11.3 Å². The van der Waals surface area contributed by atoms with Crippen molar-refractivity contribution in [1.29, 1.82) is 0 Å². The van der Waals surface area contributed by atoms with Gasteiger partial charge in [0.2, 0.25) is 0 Å². The molecule has 0 unspecified atom stereocenters. The number of nitrogens with one attached hydrogen (secondary N) is 2. The predicted octanol–water partition coefficient (Wildman–Crippen LogP) is 3.04. The molecule has 0 fully saturated rings. The fourth-order valence-corrected chi connectivity index (χ4v) is 3.83. The number of hydrogen-bond acceptors (Lipinski definition) is 5. The van der Waals surface area contributed by atoms with Gasteiger partial charge in [-0.3, -0.25) is 5.10 Å². The number of halogens is 1. The highest BCUT2D eigenvalue weighted by atomic mass is 19.1. The second-order valence-electron chi connectivity index (χ2n) is 6.74. The molecule has 3 heterocycles. The van der Waals surface area contributed by atoms with Crippen molar-refractivity contribution in [1.82, 2.24) is 25.2 Å². The van der Waals surface area contributed by atoms with Crippen LogP contribution in [0.2, 0.25) is 0 Å². The minimum absolute atomic E-state index is 0.311. The fourth-order valence-electron chi connectivity index (χ4n) is 3.83. The number of benzene rings is 2. The molecule has 1 aliphatic heterocycles. The zero-order valence-corrected chi connectivity index (χ0v) is 14.5. The lowest BCUT2D eigenvalue weighted by molar-refractivity contribution is 0.0901. The van der Waals surface area contributed by atoms with Gasteiger partial charge in [-0.05, 0) is 36.8 Å². The zero-order chi connectivity index (χ0) is 18.5. The van der Waals surface area contributed by atoms with Crippen LogP contribution in [0, 0.1) is 12.7 Å². The maximum Gasteiger partial charge on any atom is 0.154 e. The Kier molecular flexibility index (Phi) is 3.48. The summed E-state index contributed by atoms with van der Waals surface area (Å²) in [6.07, 6.45) is -0.861. The largest absolute Gasteiger partial charge is 0.386 e. The lowest BCUT2D eigenvalue weighted by atomic mass is 9.87. The number of aromatic nitrogens is 5. The Morgan fingerprint density at radius 3 is 2.70 bits per heavy atom. The highest BCUT2D eigenvalue weighted by Crippen LogP contribution is 2.46. The summed E-state index contributed by atoms with van der Waals surface area (Å²) in [7, 11) is 0. The molecule has 0 saturated carbocycles. The molecular formula is C19H17FN6O. The number of aryl methyl sites for hydroxylation is 1. The molecule has 3 atom stereocenters. The van der Waals surface area contributed by atoms with Crippen LogP contribution in [0.5, 0.6) is 0 Å². The van der Waals surface area contributed by atoms with Crippen LogP contribution in [-0.4, -0.2) is 30.3 Å². The number of anilines is 1. The van der Waals surface area contributed by atoms with Crippen LogP contribution >= 0.6 is 0 Å². The lowest BCUT2D eigenvalue weighted by Gasteiger charge is -2.36. The molecule has 7 nitrogen and oxygen atoms in total. The molecule has 8 heteroatoms. The first kappa shape index (κ1) is 16.0. The van der Waals surface area contributed by atoms with Crippen LogP contribution in [0.1, 0.15) is 35.0 Å². The number of para-hydroxylation sites is 1. The van der Waals surface area contributed by atoms with Crippen molar-refractivity contribution in [3.63, 3.8) is 0 Å². The van der Waals surface area contributed by atoms with Crippen molar-refractivity contribution in [2.75, 3.05) is 5.32 Å². The number of aromatic amines is 1. The molecule has 136 valence electrons. The molecule has 5 rings (SSSR count). The van der Waals surface area contributed by atoms with E-state index in [1.165, 1.54) is 12.1 Å². The van der Waals surface area contributed by atoms with Gasteiger partial charge in [0.15, 0.2) is 5.82 Å². The first-order chi connectivity index (χ1) is 13.1. The van der Waals surface area contributed by atoms with E-state index in [1.54, 1.807) is 16.8 Å². The molecule has 0 amide bonds. The summed E-state index contributed by atoms with van der Waals surface area (Å²) in [4.78, 5) is 0. The predicted molar refractivity (Wildman–Crippen MR) is 97.6 cm³/mol. The third kappa shape index (κ3) is 2.41. The Morgan fingerprint density at radius 1 is 1.11 bits per heavy atom. The number of fused-ring (bicyclic) bond motifs is 2. The summed E-state index contributed by atoms with van der Waals surface area (Å²) in [5.41, 5.74) is 3.89. The Balaban J connectivity index is 1.71. The molecule has 2 aromatic heterocycles. The maximum atomic E-state index is 13.4. The molecule has 2 aromatic carbocycles. The quantitative estimate of drug-likeness (QED) is 0.508. The van der Waals surface area contributed by atoms with Crippen molar-refractivity contribution in [3.8, 4) is 0 Å². The summed E-state index contributed by atoms with van der Waals surface area (Å²) < 4.78 is 15.2. The summed E-state index contributed by atoms with van der Waals surface area (Å²) in [5, 5.41) is 30.3. The average Bonchev–Trinajstić information content (AvgIpc) is 3.26. The van der Waals surface area contributed by atoms with Crippen molar-refractivity contribution < 1.29 is 9.50 Å². The van der Waals surface area contributed by atoms with Gasteiger partial charge >= 0.3 is 0 Å². The van der Waals surface area contributed by atoms with Gasteiger partial charge in [-0.2, -0.15) is 5.10 Å². The maximum absolute atomic E-state index is 13.4. The van der Waals surface area contributed by atoms with E-state index in [0.717, 1.165) is 22.3 Å². The minimum Gasteiger partial charge on any atom is -0.386 e. The Hall–Kier alpha value is -3.26. The van der Waals surface area contributed by atoms with Crippen molar-refractivity contribution in [3.05, 3.63) is 71.2 Å². The van der Waals surface area contributed by atoms with Crippen LogP contribution in [0.4, 0.5) is 10.2 Å². The fraction of sp³-hybridized carbons (Fsp3) is 0.211. The molecule has 0 radical (unpaired) electrons. The minimum atomic E-state index is -0.861. The van der Waals surface area contributed by atoms with Crippen LogP contribution < -0.4 is 5.32 Å². The molecule has 4 aromatic rings. The topological polar surface area (TPSA) is 91.6 Å². The number of hydrogen-bond donors (Lipinski definition) is 3. The van der Waals surface area contributed by atoms with Crippen LogP contribution in [0.25, 0.3) is 11.0 Å². The van der Waals surface area contributed by atoms with Crippen LogP contribution in [-0.2, 0) is 0 Å². The smallest absolute Gasteiger partial charge is 0.154 e. The van der Waals surface area contributed by atoms with E-state index >= 15 is 0 Å². The summed E-state index contributed by atoms with van der Waals surface area (Å²) in [5.74, 6) is 0.282. The normalized spacial score (nSPS) is 21.8. The van der Waals surface area contributed by atoms with Gasteiger partial charge in [0.1, 0.15) is 23.5 Å². The van der Waals surface area contributed by atoms with Crippen LogP contribution in [0.3, 0.4) is 0 Å². The SMILES string of the molecule is Cc1[nH]nc2c1[C@@H](O)[C@H](n1nnc3ccccc31)[C@@H](c1ccc(F)cc1)N2. The first-order valence-corrected chi connectivity index (χ1v) is 8.68. The Morgan fingerprint density at radius 2 is 1.89 bits per heavy atom. The molecular weight excluding hydrogens is 347 g/mol. The van der Waals surface area contributed by atoms with Gasteiger partial charge < -0.3 is 10.4 Å². The highest BCUT2D eigenvalue weighted by molar-refractivity contribution is 5.74. The average molecular weight is 364 g/mol. The van der Waals surface area contributed by atoms with Crippen molar-refractivity contribution in [2.24, 2.45) is 0 Å². The van der Waals surface area contributed by atoms with Gasteiger partial charge in [0.05, 0.1) is 11.6 Å². The van der Waals surface area contributed by atoms with Crippen molar-refractivity contribution >= 4 is 16.9 Å². The summed E-state index contributed by atoms with van der Waals surface area (Å²) in [6, 6.07) is 13.0. The molecule has 27 heavy (non-hydrogen) atoms. The number of aliphatic hydroxyl groups excluding tert-OH is 1. The zero-order valence-electron chi connectivity index (χ0n) is 14.5. The van der Waals surface area contributed by atoms with E-state index in [4.69, 9.17) is 0 Å². The molecule has 3 N–H and O–H groups in total. The van der Waals surface area contributed by atoms with Gasteiger partial charge in [-0.15, -0.1) is 5.10 Å². The molecule has 0 aliphatic carbocycles. The molecule has 0 spiro atoms. The van der Waals surface area contributed by atoms with Gasteiger partial charge in [-0.25, -0.2) is 9.07 Å². The second kappa shape index (κ2) is 5.88. The van der Waals surface area contributed by atoms with Crippen molar-refractivity contribution in [2.45, 2.75) is 25.1 Å². The van der Waals surface area contributed by atoms with E-state index in [2.05, 4.69) is 25.8 Å². The summed E-state index contributed by atoms with van der Waals surface area (Å²) >= 11 is 0. The number of nitrogens with zero attached hydrogens (tertiary/aromatic N) is 4. The molecule has 0 bridgehead atoms. The third-order valence-electron chi connectivity index (χ3n) is 5.14. The lowest BCUT2D eigenvalue weighted by Crippen LogP contribution is -2.34. The van der Waals surface area contributed by atoms with E-state index in [1.807, 2.05) is 31.2 Å². The molecule has 0 saturated heterocycles. The first-order valence-electron chi connectivity index (χ1n) is 8.68.